The second-order valence-corrected chi connectivity index (χ2v) is 10.3. The van der Waals surface area contributed by atoms with Crippen LogP contribution in [0.4, 0.5) is 4.79 Å². The number of urea groups is 1. The Hall–Kier alpha value is -2.10. The molecule has 0 saturated carbocycles. The van der Waals surface area contributed by atoms with Gasteiger partial charge in [-0.1, -0.05) is 25.1 Å². The molecule has 1 aliphatic heterocycles. The van der Waals surface area contributed by atoms with Crippen molar-refractivity contribution < 1.29 is 23.1 Å². The molecule has 2 N–H and O–H groups in total. The van der Waals surface area contributed by atoms with Crippen LogP contribution >= 0.6 is 0 Å². The Bertz CT molecular complexity index is 900. The van der Waals surface area contributed by atoms with Crippen LogP contribution in [0.15, 0.2) is 29.2 Å². The number of aliphatic hydroxyl groups excluding tert-OH is 1. The summed E-state index contributed by atoms with van der Waals surface area (Å²) in [5.74, 6) is 0.0246. The molecular formula is C22H35N3O5S. The Morgan fingerprint density at radius 2 is 2.06 bits per heavy atom. The van der Waals surface area contributed by atoms with E-state index in [2.05, 4.69) is 5.32 Å². The number of sulfonamides is 1. The van der Waals surface area contributed by atoms with Crippen LogP contribution in [0.25, 0.3) is 6.08 Å². The molecule has 0 spiro atoms. The molecule has 1 aliphatic rings. The van der Waals surface area contributed by atoms with Crippen LogP contribution in [0, 0.1) is 5.92 Å². The average Bonchev–Trinajstić information content (AvgIpc) is 2.69. The zero-order valence-electron chi connectivity index (χ0n) is 19.2. The number of hydrogen-bond donors (Lipinski definition) is 2. The highest BCUT2D eigenvalue weighted by Crippen LogP contribution is 2.34. The van der Waals surface area contributed by atoms with E-state index in [-0.39, 0.29) is 48.3 Å². The first kappa shape index (κ1) is 25.2. The summed E-state index contributed by atoms with van der Waals surface area (Å²) in [5, 5.41) is 12.5. The number of aliphatic hydroxyl groups is 1. The van der Waals surface area contributed by atoms with E-state index in [1.165, 1.54) is 4.31 Å². The summed E-state index contributed by atoms with van der Waals surface area (Å²) < 4.78 is 34.3. The number of hydrogen-bond acceptors (Lipinski definition) is 5. The number of rotatable bonds is 6. The van der Waals surface area contributed by atoms with Gasteiger partial charge < -0.3 is 20.1 Å². The first-order valence-electron chi connectivity index (χ1n) is 10.6. The number of likely N-dealkylation sites (N-methyl/N-ethyl adjacent to an activating group) is 1. The summed E-state index contributed by atoms with van der Waals surface area (Å²) in [6.45, 7) is 9.40. The van der Waals surface area contributed by atoms with Gasteiger partial charge in [-0.15, -0.1) is 0 Å². The van der Waals surface area contributed by atoms with Crippen molar-refractivity contribution in [3.05, 3.63) is 29.8 Å². The molecule has 9 heteroatoms. The maximum Gasteiger partial charge on any atom is 0.317 e. The third-order valence-corrected chi connectivity index (χ3v) is 7.28. The van der Waals surface area contributed by atoms with Crippen molar-refractivity contribution in [3.8, 4) is 5.75 Å². The summed E-state index contributed by atoms with van der Waals surface area (Å²) in [6.07, 6.45) is 3.29. The van der Waals surface area contributed by atoms with Crippen molar-refractivity contribution in [1.29, 1.82) is 0 Å². The van der Waals surface area contributed by atoms with E-state index in [1.807, 2.05) is 39.8 Å². The Morgan fingerprint density at radius 1 is 1.39 bits per heavy atom. The lowest BCUT2D eigenvalue weighted by Gasteiger charge is -2.37. The second-order valence-electron chi connectivity index (χ2n) is 8.43. The molecule has 0 unspecified atom stereocenters. The van der Waals surface area contributed by atoms with Crippen molar-refractivity contribution in [2.24, 2.45) is 5.92 Å². The van der Waals surface area contributed by atoms with Gasteiger partial charge in [-0.2, -0.15) is 4.31 Å². The largest absolute Gasteiger partial charge is 0.487 e. The highest BCUT2D eigenvalue weighted by Gasteiger charge is 2.38. The zero-order valence-corrected chi connectivity index (χ0v) is 20.0. The van der Waals surface area contributed by atoms with Gasteiger partial charge in [-0.05, 0) is 45.4 Å². The number of allylic oxidation sites excluding steroid dienone is 1. The molecular weight excluding hydrogens is 418 g/mol. The minimum Gasteiger partial charge on any atom is -0.487 e. The van der Waals surface area contributed by atoms with Gasteiger partial charge in [0.05, 0.1) is 13.2 Å². The molecule has 0 aliphatic carbocycles. The molecule has 1 aromatic rings. The topological polar surface area (TPSA) is 99.2 Å². The number of fused-ring (bicyclic) bond motifs is 1. The summed E-state index contributed by atoms with van der Waals surface area (Å²) in [7, 11) is -2.18. The maximum absolute atomic E-state index is 13.4. The molecule has 0 bridgehead atoms. The predicted molar refractivity (Wildman–Crippen MR) is 121 cm³/mol. The number of carbonyl (C=O) groups excluding carboxylic acids is 1. The minimum absolute atomic E-state index is 0.000721. The lowest BCUT2D eigenvalue weighted by molar-refractivity contribution is 0.0810. The first-order valence-corrected chi connectivity index (χ1v) is 12.0. The molecule has 1 aromatic carbocycles. The summed E-state index contributed by atoms with van der Waals surface area (Å²) in [6, 6.07) is 4.16. The number of benzene rings is 1. The summed E-state index contributed by atoms with van der Waals surface area (Å²) >= 11 is 0. The molecule has 8 nitrogen and oxygen atoms in total. The fourth-order valence-electron chi connectivity index (χ4n) is 3.47. The Kier molecular flexibility index (Phi) is 8.50. The van der Waals surface area contributed by atoms with Crippen LogP contribution < -0.4 is 10.1 Å². The third-order valence-electron chi connectivity index (χ3n) is 5.26. The van der Waals surface area contributed by atoms with E-state index < -0.39 is 22.2 Å². The lowest BCUT2D eigenvalue weighted by Crippen LogP contribution is -2.51. The SMILES string of the molecule is C/C=C/c1ccc2c(c1)O[C@@H](CN(C)C(=O)NC(C)C)[C@H](C)CN([C@H](C)CO)S2(=O)=O. The Balaban J connectivity index is 2.50. The zero-order chi connectivity index (χ0) is 23.3. The van der Waals surface area contributed by atoms with Crippen LogP contribution in [0.3, 0.4) is 0 Å². The molecule has 3 atom stereocenters. The van der Waals surface area contributed by atoms with Crippen LogP contribution in [0.1, 0.15) is 40.2 Å². The van der Waals surface area contributed by atoms with Crippen LogP contribution in [0.5, 0.6) is 5.75 Å². The molecule has 1 heterocycles. The predicted octanol–water partition coefficient (Wildman–Crippen LogP) is 2.54. The molecule has 31 heavy (non-hydrogen) atoms. The van der Waals surface area contributed by atoms with E-state index in [9.17, 15) is 18.3 Å². The van der Waals surface area contributed by atoms with E-state index in [0.717, 1.165) is 5.56 Å². The monoisotopic (exact) mass is 453 g/mol. The van der Waals surface area contributed by atoms with Gasteiger partial charge in [-0.3, -0.25) is 0 Å². The number of nitrogens with one attached hydrogen (secondary N) is 1. The van der Waals surface area contributed by atoms with Gasteiger partial charge in [0, 0.05) is 31.6 Å². The van der Waals surface area contributed by atoms with E-state index in [4.69, 9.17) is 4.74 Å². The van der Waals surface area contributed by atoms with Crippen molar-refractivity contribution in [2.75, 3.05) is 26.7 Å². The van der Waals surface area contributed by atoms with Crippen LogP contribution in [-0.2, 0) is 10.0 Å². The Labute approximate surface area is 185 Å². The number of carbonyl (C=O) groups is 1. The molecule has 2 rings (SSSR count). The van der Waals surface area contributed by atoms with E-state index >= 15 is 0 Å². The smallest absolute Gasteiger partial charge is 0.317 e. The molecule has 0 saturated heterocycles. The summed E-state index contributed by atoms with van der Waals surface area (Å²) in [4.78, 5) is 14.0. The van der Waals surface area contributed by atoms with Crippen molar-refractivity contribution in [1.82, 2.24) is 14.5 Å². The first-order chi connectivity index (χ1) is 14.5. The molecule has 0 radical (unpaired) electrons. The van der Waals surface area contributed by atoms with E-state index in [1.54, 1.807) is 37.1 Å². The normalized spacial score (nSPS) is 22.3. The quantitative estimate of drug-likeness (QED) is 0.690. The molecule has 0 aromatic heterocycles. The van der Waals surface area contributed by atoms with Gasteiger partial charge in [0.25, 0.3) is 0 Å². The average molecular weight is 454 g/mol. The fraction of sp³-hybridized carbons (Fsp3) is 0.591. The summed E-state index contributed by atoms with van der Waals surface area (Å²) in [5.41, 5.74) is 0.816. The van der Waals surface area contributed by atoms with Crippen molar-refractivity contribution >= 4 is 22.1 Å². The molecule has 0 fully saturated rings. The van der Waals surface area contributed by atoms with Gasteiger partial charge >= 0.3 is 6.03 Å². The van der Waals surface area contributed by atoms with Gasteiger partial charge in [-0.25, -0.2) is 13.2 Å². The highest BCUT2D eigenvalue weighted by atomic mass is 32.2. The lowest BCUT2D eigenvalue weighted by atomic mass is 10.0. The number of ether oxygens (including phenoxy) is 1. The molecule has 2 amide bonds. The van der Waals surface area contributed by atoms with E-state index in [0.29, 0.717) is 0 Å². The van der Waals surface area contributed by atoms with Gasteiger partial charge in [0.1, 0.15) is 16.7 Å². The van der Waals surface area contributed by atoms with Crippen LogP contribution in [0.2, 0.25) is 0 Å². The standard InChI is InChI=1S/C22H35N3O5S/c1-7-8-18-9-10-21-19(11-18)30-20(13-24(6)22(27)23-15(2)3)16(4)12-25(17(5)14-26)31(21,28)29/h7-11,15-17,20,26H,12-14H2,1-6H3,(H,23,27)/b8-7+/t16-,17-,20+/m1/s1. The minimum atomic E-state index is -3.87. The fourth-order valence-corrected chi connectivity index (χ4v) is 5.29. The second kappa shape index (κ2) is 10.5. The van der Waals surface area contributed by atoms with Crippen LogP contribution in [-0.4, -0.2) is 73.7 Å². The van der Waals surface area contributed by atoms with Crippen molar-refractivity contribution in [3.63, 3.8) is 0 Å². The highest BCUT2D eigenvalue weighted by molar-refractivity contribution is 7.89. The van der Waals surface area contributed by atoms with Crippen molar-refractivity contribution in [2.45, 2.75) is 57.7 Å². The third kappa shape index (κ3) is 5.99. The number of amides is 2. The van der Waals surface area contributed by atoms with Gasteiger partial charge in [0.2, 0.25) is 10.0 Å². The maximum atomic E-state index is 13.4. The number of nitrogens with zero attached hydrogens (tertiary/aromatic N) is 2. The Morgan fingerprint density at radius 3 is 2.65 bits per heavy atom. The molecule has 174 valence electrons. The van der Waals surface area contributed by atoms with Gasteiger partial charge in [0.15, 0.2) is 0 Å².